The normalized spacial score (nSPS) is 18.7. The monoisotopic (exact) mass is 1060 g/mol. The van der Waals surface area contributed by atoms with Crippen LogP contribution in [-0.2, 0) is 21.7 Å². The number of fused-ring (bicyclic) bond motifs is 14. The first-order valence-electron chi connectivity index (χ1n) is 29.2. The molecule has 0 saturated heterocycles. The number of furan rings is 1. The third kappa shape index (κ3) is 7.00. The summed E-state index contributed by atoms with van der Waals surface area (Å²) >= 11 is 1.92. The van der Waals surface area contributed by atoms with Gasteiger partial charge < -0.3 is 19.1 Å². The van der Waals surface area contributed by atoms with Gasteiger partial charge in [0.1, 0.15) is 11.2 Å². The number of thiophene rings is 1. The summed E-state index contributed by atoms with van der Waals surface area (Å²) in [6.45, 7) is 26.3. The van der Waals surface area contributed by atoms with E-state index in [9.17, 15) is 0 Å². The molecule has 396 valence electrons. The summed E-state index contributed by atoms with van der Waals surface area (Å²) in [6.07, 6.45) is 4.66. The molecule has 15 rings (SSSR count). The third-order valence-corrected chi connectivity index (χ3v) is 20.7. The highest BCUT2D eigenvalue weighted by molar-refractivity contribution is 7.26. The Balaban J connectivity index is 1.13. The highest BCUT2D eigenvalue weighted by Gasteiger charge is 2.58. The highest BCUT2D eigenvalue weighted by atomic mass is 32.1. The molecule has 0 amide bonds. The zero-order chi connectivity index (χ0) is 55.0. The Morgan fingerprint density at radius 3 is 1.86 bits per heavy atom. The lowest BCUT2D eigenvalue weighted by atomic mass is 9.33. The SMILES string of the molecule is CC(C)(C)c1ccc2c(c1)B1c3ccc4oc5ccccc5c4c3N(c3ccc(C(C)(C)C)cc3-c3ccccc3)c3cc(N4c5ccc(C(C)(C)C)cc5C5(C)CCCCC45C)cc(c31)N2c1cccc2c1sc1ccccc12. The van der Waals surface area contributed by atoms with E-state index in [1.54, 1.807) is 0 Å². The van der Waals surface area contributed by atoms with Crippen LogP contribution < -0.4 is 31.1 Å². The van der Waals surface area contributed by atoms with Gasteiger partial charge in [0.25, 0.3) is 6.71 Å². The van der Waals surface area contributed by atoms with E-state index in [0.717, 1.165) is 40.5 Å². The molecule has 11 aromatic rings. The van der Waals surface area contributed by atoms with Gasteiger partial charge in [-0.15, -0.1) is 11.3 Å². The average molecular weight is 1060 g/mol. The Labute approximate surface area is 476 Å². The summed E-state index contributed by atoms with van der Waals surface area (Å²) < 4.78 is 9.57. The van der Waals surface area contributed by atoms with Gasteiger partial charge >= 0.3 is 0 Å². The second-order valence-electron chi connectivity index (χ2n) is 27.2. The first-order chi connectivity index (χ1) is 38.3. The maximum atomic E-state index is 6.97. The van der Waals surface area contributed by atoms with Gasteiger partial charge in [0.15, 0.2) is 0 Å². The zero-order valence-corrected chi connectivity index (χ0v) is 49.1. The molecule has 80 heavy (non-hydrogen) atoms. The molecule has 9 aromatic carbocycles. The Bertz CT molecular complexity index is 4390. The molecule has 3 aliphatic heterocycles. The minimum Gasteiger partial charge on any atom is -0.456 e. The standard InChI is InChI=1S/C74H70BN3OS/c1-70(2,3)46-30-34-57(53(40-46)45-22-13-12-14-23-45)77-62-44-49(78-58-35-31-47(71(4,5)6)41-54(58)73(10)38-19-20-39-74(73,78)11)43-61-67(62)75(55-33-37-64-66(68(55)77)52-25-15-17-28-63(52)79-64)56-42-48(72(7,8)9)32-36-59(56)76(61)60-27-21-26-51-50-24-16-18-29-65(50)80-69(51)60/h12-18,21-37,40-44H,19-20,38-39H2,1-11H3. The maximum absolute atomic E-state index is 6.97. The summed E-state index contributed by atoms with van der Waals surface area (Å²) in [5.74, 6) is 0. The first kappa shape index (κ1) is 49.5. The molecular weight excluding hydrogens is 990 g/mol. The predicted molar refractivity (Wildman–Crippen MR) is 345 cm³/mol. The fourth-order valence-electron chi connectivity index (χ4n) is 14.9. The van der Waals surface area contributed by atoms with E-state index in [4.69, 9.17) is 4.42 Å². The third-order valence-electron chi connectivity index (χ3n) is 19.5. The molecule has 2 atom stereocenters. The number of benzene rings is 9. The number of hydrogen-bond acceptors (Lipinski definition) is 5. The molecule has 1 saturated carbocycles. The lowest BCUT2D eigenvalue weighted by molar-refractivity contribution is 0.195. The first-order valence-corrected chi connectivity index (χ1v) is 30.1. The topological polar surface area (TPSA) is 22.9 Å². The number of nitrogens with zero attached hydrogens (tertiary/aromatic N) is 3. The van der Waals surface area contributed by atoms with Gasteiger partial charge in [-0.2, -0.15) is 0 Å². The number of hydrogen-bond donors (Lipinski definition) is 0. The molecule has 6 heteroatoms. The van der Waals surface area contributed by atoms with Gasteiger partial charge in [0, 0.05) is 60.3 Å². The molecular formula is C74H70BN3OS. The maximum Gasteiger partial charge on any atom is 0.252 e. The molecule has 1 fully saturated rings. The summed E-state index contributed by atoms with van der Waals surface area (Å²) in [4.78, 5) is 8.22. The van der Waals surface area contributed by atoms with Crippen molar-refractivity contribution in [3.8, 4) is 11.1 Å². The molecule has 4 aliphatic rings. The fourth-order valence-corrected chi connectivity index (χ4v) is 16.2. The van der Waals surface area contributed by atoms with Crippen LogP contribution in [0.15, 0.2) is 180 Å². The van der Waals surface area contributed by atoms with E-state index in [0.29, 0.717) is 0 Å². The van der Waals surface area contributed by atoms with Gasteiger partial charge in [-0.05, 0) is 141 Å². The lowest BCUT2D eigenvalue weighted by Crippen LogP contribution is -2.61. The molecule has 4 nitrogen and oxygen atoms in total. The van der Waals surface area contributed by atoms with Crippen LogP contribution >= 0.6 is 11.3 Å². The highest BCUT2D eigenvalue weighted by Crippen LogP contribution is 2.63. The Morgan fingerprint density at radius 2 is 1.11 bits per heavy atom. The van der Waals surface area contributed by atoms with Gasteiger partial charge in [0.2, 0.25) is 0 Å². The van der Waals surface area contributed by atoms with Crippen molar-refractivity contribution in [2.24, 2.45) is 0 Å². The number of anilines is 8. The van der Waals surface area contributed by atoms with Gasteiger partial charge in [-0.25, -0.2) is 0 Å². The number of rotatable bonds is 4. The van der Waals surface area contributed by atoms with E-state index in [2.05, 4.69) is 267 Å². The smallest absolute Gasteiger partial charge is 0.252 e. The molecule has 2 aromatic heterocycles. The predicted octanol–water partition coefficient (Wildman–Crippen LogP) is 19.3. The van der Waals surface area contributed by atoms with Crippen molar-refractivity contribution in [3.63, 3.8) is 0 Å². The van der Waals surface area contributed by atoms with Gasteiger partial charge in [0.05, 0.1) is 32.7 Å². The Hall–Kier alpha value is -7.54. The van der Waals surface area contributed by atoms with Crippen molar-refractivity contribution < 1.29 is 4.42 Å². The summed E-state index contributed by atoms with van der Waals surface area (Å²) in [5, 5.41) is 4.88. The van der Waals surface area contributed by atoms with Gasteiger partial charge in [-0.3, -0.25) is 0 Å². The van der Waals surface area contributed by atoms with Crippen LogP contribution in [0, 0.1) is 0 Å². The van der Waals surface area contributed by atoms with Crippen LogP contribution in [0.5, 0.6) is 0 Å². The second-order valence-corrected chi connectivity index (χ2v) is 28.3. The molecule has 1 aliphatic carbocycles. The van der Waals surface area contributed by atoms with Crippen molar-refractivity contribution >= 4 is 122 Å². The van der Waals surface area contributed by atoms with Crippen molar-refractivity contribution in [2.75, 3.05) is 14.7 Å². The lowest BCUT2D eigenvalue weighted by Gasteiger charge is -2.51. The van der Waals surface area contributed by atoms with E-state index in [1.165, 1.54) is 123 Å². The summed E-state index contributed by atoms with van der Waals surface area (Å²) in [7, 11) is 0. The van der Waals surface area contributed by atoms with Crippen molar-refractivity contribution in [3.05, 3.63) is 198 Å². The number of para-hydroxylation sites is 1. The van der Waals surface area contributed by atoms with E-state index < -0.39 is 0 Å². The molecule has 0 spiro atoms. The fraction of sp³-hybridized carbons (Fsp3) is 0.270. The van der Waals surface area contributed by atoms with E-state index in [1.807, 2.05) is 11.3 Å². The van der Waals surface area contributed by atoms with Crippen LogP contribution in [0.4, 0.5) is 45.5 Å². The molecule has 5 heterocycles. The van der Waals surface area contributed by atoms with Crippen LogP contribution in [0.2, 0.25) is 0 Å². The summed E-state index contributed by atoms with van der Waals surface area (Å²) in [5.41, 5.74) is 23.0. The minimum atomic E-state index is -0.204. The second kappa shape index (κ2) is 17.0. The molecule has 0 N–H and O–H groups in total. The molecule has 0 bridgehead atoms. The Morgan fingerprint density at radius 1 is 0.487 bits per heavy atom. The van der Waals surface area contributed by atoms with Crippen LogP contribution in [0.1, 0.15) is 124 Å². The van der Waals surface area contributed by atoms with Crippen molar-refractivity contribution in [2.45, 2.75) is 129 Å². The van der Waals surface area contributed by atoms with Crippen molar-refractivity contribution in [1.82, 2.24) is 0 Å². The molecule has 2 unspecified atom stereocenters. The zero-order valence-electron chi connectivity index (χ0n) is 48.3. The minimum absolute atomic E-state index is 0.0126. The summed E-state index contributed by atoms with van der Waals surface area (Å²) in [6, 6.07) is 68.1. The largest absolute Gasteiger partial charge is 0.456 e. The van der Waals surface area contributed by atoms with Gasteiger partial charge in [-0.1, -0.05) is 197 Å². The van der Waals surface area contributed by atoms with Crippen molar-refractivity contribution in [1.29, 1.82) is 0 Å². The van der Waals surface area contributed by atoms with Crippen LogP contribution in [0.3, 0.4) is 0 Å². The van der Waals surface area contributed by atoms with Crippen LogP contribution in [0.25, 0.3) is 53.2 Å². The molecule has 0 radical (unpaired) electrons. The van der Waals surface area contributed by atoms with Crippen LogP contribution in [-0.4, -0.2) is 12.3 Å². The Kier molecular flexibility index (Phi) is 10.5. The van der Waals surface area contributed by atoms with E-state index >= 15 is 0 Å². The average Bonchev–Trinajstić information content (AvgIpc) is 2.01. The van der Waals surface area contributed by atoms with E-state index in [-0.39, 0.29) is 33.9 Å². The quantitative estimate of drug-likeness (QED) is 0.164.